The number of pyridine rings is 1. The van der Waals surface area contributed by atoms with Gasteiger partial charge in [0.2, 0.25) is 0 Å². The van der Waals surface area contributed by atoms with Crippen molar-refractivity contribution in [2.45, 2.75) is 0 Å². The number of aromatic nitrogens is 3. The van der Waals surface area contributed by atoms with Crippen LogP contribution >= 0.6 is 0 Å². The third kappa shape index (κ3) is 3.76. The van der Waals surface area contributed by atoms with E-state index >= 15 is 0 Å². The van der Waals surface area contributed by atoms with Crippen LogP contribution in [0.3, 0.4) is 0 Å². The van der Waals surface area contributed by atoms with E-state index in [2.05, 4.69) is 20.1 Å². The number of halogens is 1. The largest absolute Gasteiger partial charge is 0.352 e. The molecule has 1 fully saturated rings. The van der Waals surface area contributed by atoms with Crippen LogP contribution in [0.1, 0.15) is 10.4 Å². The van der Waals surface area contributed by atoms with Gasteiger partial charge in [0.15, 0.2) is 5.82 Å². The Kier molecular flexibility index (Phi) is 4.74. The number of hydrogen-bond donors (Lipinski definition) is 0. The molecule has 3 heterocycles. The average molecular weight is 363 g/mol. The number of benzene rings is 1. The van der Waals surface area contributed by atoms with Crippen molar-refractivity contribution in [2.24, 2.45) is 0 Å². The summed E-state index contributed by atoms with van der Waals surface area (Å²) in [6.07, 6.45) is 3.44. The first kappa shape index (κ1) is 17.1. The van der Waals surface area contributed by atoms with Crippen LogP contribution in [-0.2, 0) is 0 Å². The molecule has 0 bridgehead atoms. The average Bonchev–Trinajstić information content (AvgIpc) is 2.74. The summed E-state index contributed by atoms with van der Waals surface area (Å²) < 4.78 is 13.3. The smallest absolute Gasteiger partial charge is 0.254 e. The van der Waals surface area contributed by atoms with E-state index < -0.39 is 5.82 Å². The molecular formula is C20H18FN5O. The van der Waals surface area contributed by atoms with Crippen molar-refractivity contribution in [1.82, 2.24) is 20.1 Å². The monoisotopic (exact) mass is 363 g/mol. The third-order valence-corrected chi connectivity index (χ3v) is 4.59. The number of piperazine rings is 1. The third-order valence-electron chi connectivity index (χ3n) is 4.59. The Hall–Kier alpha value is -3.35. The highest BCUT2D eigenvalue weighted by Gasteiger charge is 2.23. The van der Waals surface area contributed by atoms with Crippen LogP contribution in [0.15, 0.2) is 60.9 Å². The molecule has 1 saturated heterocycles. The number of carbonyl (C=O) groups excluding carboxylic acids is 1. The highest BCUT2D eigenvalue weighted by Crippen LogP contribution is 2.19. The van der Waals surface area contributed by atoms with E-state index in [1.165, 1.54) is 12.1 Å². The topological polar surface area (TPSA) is 62.2 Å². The first-order chi connectivity index (χ1) is 13.2. The Balaban J connectivity index is 1.40. The van der Waals surface area contributed by atoms with Crippen molar-refractivity contribution in [3.8, 4) is 11.3 Å². The summed E-state index contributed by atoms with van der Waals surface area (Å²) in [5, 5.41) is 8.61. The fourth-order valence-corrected chi connectivity index (χ4v) is 3.11. The van der Waals surface area contributed by atoms with Crippen LogP contribution in [0.25, 0.3) is 11.3 Å². The van der Waals surface area contributed by atoms with Crippen molar-refractivity contribution in [3.63, 3.8) is 0 Å². The number of hydrogen-bond acceptors (Lipinski definition) is 5. The van der Waals surface area contributed by atoms with Crippen LogP contribution < -0.4 is 4.90 Å². The van der Waals surface area contributed by atoms with Crippen molar-refractivity contribution in [1.29, 1.82) is 0 Å². The zero-order valence-electron chi connectivity index (χ0n) is 14.6. The molecule has 0 spiro atoms. The maximum absolute atomic E-state index is 13.3. The first-order valence-corrected chi connectivity index (χ1v) is 8.74. The van der Waals surface area contributed by atoms with Gasteiger partial charge in [-0.2, -0.15) is 0 Å². The summed E-state index contributed by atoms with van der Waals surface area (Å²) in [5.41, 5.74) is 2.14. The Labute approximate surface area is 156 Å². The van der Waals surface area contributed by atoms with E-state index in [0.29, 0.717) is 31.7 Å². The minimum Gasteiger partial charge on any atom is -0.352 e. The summed E-state index contributed by atoms with van der Waals surface area (Å²) in [6.45, 7) is 2.43. The Bertz CT molecular complexity index is 925. The second-order valence-corrected chi connectivity index (χ2v) is 6.30. The summed E-state index contributed by atoms with van der Waals surface area (Å²) in [5.74, 6) is 0.239. The SMILES string of the molecule is O=C(c1cccc(F)c1)N1CCN(c2ccc(-c3ccncc3)nn2)CC1. The quantitative estimate of drug-likeness (QED) is 0.716. The van der Waals surface area contributed by atoms with Crippen molar-refractivity contribution < 1.29 is 9.18 Å². The molecule has 1 amide bonds. The maximum atomic E-state index is 13.3. The molecule has 2 aromatic heterocycles. The van der Waals surface area contributed by atoms with Crippen LogP contribution in [0.5, 0.6) is 0 Å². The number of carbonyl (C=O) groups is 1. The van der Waals surface area contributed by atoms with Gasteiger partial charge >= 0.3 is 0 Å². The highest BCUT2D eigenvalue weighted by atomic mass is 19.1. The summed E-state index contributed by atoms with van der Waals surface area (Å²) in [4.78, 5) is 20.3. The molecule has 0 atom stereocenters. The number of amides is 1. The van der Waals surface area contributed by atoms with E-state index in [1.807, 2.05) is 24.3 Å². The zero-order chi connectivity index (χ0) is 18.6. The maximum Gasteiger partial charge on any atom is 0.254 e. The van der Waals surface area contributed by atoms with E-state index in [9.17, 15) is 9.18 Å². The van der Waals surface area contributed by atoms with Gasteiger partial charge in [-0.15, -0.1) is 10.2 Å². The molecule has 1 aromatic carbocycles. The van der Waals surface area contributed by atoms with Gasteiger partial charge in [-0.25, -0.2) is 4.39 Å². The highest BCUT2D eigenvalue weighted by molar-refractivity contribution is 5.94. The van der Waals surface area contributed by atoms with Crippen molar-refractivity contribution in [3.05, 3.63) is 72.3 Å². The molecule has 27 heavy (non-hydrogen) atoms. The molecule has 0 N–H and O–H groups in total. The molecule has 1 aliphatic heterocycles. The van der Waals surface area contributed by atoms with Crippen LogP contribution in [0.4, 0.5) is 10.2 Å². The van der Waals surface area contributed by atoms with Crippen LogP contribution in [-0.4, -0.2) is 52.2 Å². The Morgan fingerprint density at radius 3 is 2.37 bits per heavy atom. The van der Waals surface area contributed by atoms with Gasteiger partial charge in [0.05, 0.1) is 5.69 Å². The van der Waals surface area contributed by atoms with E-state index in [4.69, 9.17) is 0 Å². The van der Waals surface area contributed by atoms with E-state index in [1.54, 1.807) is 29.4 Å². The Morgan fingerprint density at radius 1 is 0.926 bits per heavy atom. The molecule has 0 aliphatic carbocycles. The summed E-state index contributed by atoms with van der Waals surface area (Å²) in [6, 6.07) is 13.5. The molecule has 136 valence electrons. The summed E-state index contributed by atoms with van der Waals surface area (Å²) in [7, 11) is 0. The normalized spacial score (nSPS) is 14.3. The molecule has 4 rings (SSSR count). The molecule has 3 aromatic rings. The van der Waals surface area contributed by atoms with Crippen molar-refractivity contribution in [2.75, 3.05) is 31.1 Å². The zero-order valence-corrected chi connectivity index (χ0v) is 14.6. The lowest BCUT2D eigenvalue weighted by molar-refractivity contribution is 0.0746. The Morgan fingerprint density at radius 2 is 1.70 bits per heavy atom. The number of nitrogens with zero attached hydrogens (tertiary/aromatic N) is 5. The van der Waals surface area contributed by atoms with E-state index in [0.717, 1.165) is 17.1 Å². The second kappa shape index (κ2) is 7.49. The minimum absolute atomic E-state index is 0.145. The minimum atomic E-state index is -0.399. The fourth-order valence-electron chi connectivity index (χ4n) is 3.11. The lowest BCUT2D eigenvalue weighted by Crippen LogP contribution is -2.49. The van der Waals surface area contributed by atoms with Crippen molar-refractivity contribution >= 4 is 11.7 Å². The number of anilines is 1. The van der Waals surface area contributed by atoms with Gasteiger partial charge in [0.25, 0.3) is 5.91 Å². The molecule has 1 aliphatic rings. The lowest BCUT2D eigenvalue weighted by atomic mass is 10.1. The van der Waals surface area contributed by atoms with E-state index in [-0.39, 0.29) is 5.91 Å². The van der Waals surface area contributed by atoms with Gasteiger partial charge in [0, 0.05) is 49.7 Å². The van der Waals surface area contributed by atoms with Gasteiger partial charge in [-0.05, 0) is 42.5 Å². The standard InChI is InChI=1S/C20H18FN5O/c21-17-3-1-2-16(14-17)20(27)26-12-10-25(11-13-26)19-5-4-18(23-24-19)15-6-8-22-9-7-15/h1-9,14H,10-13H2. The number of rotatable bonds is 3. The van der Waals surface area contributed by atoms with Gasteiger partial charge in [-0.3, -0.25) is 9.78 Å². The second-order valence-electron chi connectivity index (χ2n) is 6.30. The van der Waals surface area contributed by atoms with Gasteiger partial charge in [0.1, 0.15) is 5.82 Å². The molecular weight excluding hydrogens is 345 g/mol. The molecule has 6 nitrogen and oxygen atoms in total. The molecule has 0 saturated carbocycles. The van der Waals surface area contributed by atoms with Gasteiger partial charge < -0.3 is 9.80 Å². The molecule has 0 radical (unpaired) electrons. The predicted molar refractivity (Wildman–Crippen MR) is 99.8 cm³/mol. The molecule has 7 heteroatoms. The predicted octanol–water partition coefficient (Wildman–Crippen LogP) is 2.64. The lowest BCUT2D eigenvalue weighted by Gasteiger charge is -2.35. The summed E-state index contributed by atoms with van der Waals surface area (Å²) >= 11 is 0. The fraction of sp³-hybridized carbons (Fsp3) is 0.200. The van der Waals surface area contributed by atoms with Crippen LogP contribution in [0.2, 0.25) is 0 Å². The van der Waals surface area contributed by atoms with Crippen LogP contribution in [0, 0.1) is 5.82 Å². The van der Waals surface area contributed by atoms with Gasteiger partial charge in [-0.1, -0.05) is 6.07 Å². The molecule has 0 unspecified atom stereocenters. The first-order valence-electron chi connectivity index (χ1n) is 8.74.